The van der Waals surface area contributed by atoms with Crippen molar-refractivity contribution < 1.29 is 14.4 Å². The van der Waals surface area contributed by atoms with Crippen LogP contribution in [0.5, 0.6) is 0 Å². The van der Waals surface area contributed by atoms with Crippen LogP contribution in [0.15, 0.2) is 16.6 Å². The van der Waals surface area contributed by atoms with Gasteiger partial charge < -0.3 is 10.0 Å². The zero-order valence-corrected chi connectivity index (χ0v) is 11.9. The summed E-state index contributed by atoms with van der Waals surface area (Å²) in [5.74, 6) is -0.326. The topological polar surface area (TPSA) is 66.6 Å². The first-order valence-electron chi connectivity index (χ1n) is 5.96. The molecule has 1 aromatic carbocycles. The highest BCUT2D eigenvalue weighted by atomic mass is 79.9. The Morgan fingerprint density at radius 1 is 1.63 bits per heavy atom. The number of benzene rings is 1. The van der Waals surface area contributed by atoms with Crippen molar-refractivity contribution in [3.63, 3.8) is 0 Å². The molecule has 0 saturated carbocycles. The third-order valence-electron chi connectivity index (χ3n) is 3.59. The van der Waals surface area contributed by atoms with E-state index in [1.165, 1.54) is 6.07 Å². The molecule has 0 aliphatic carbocycles. The molecule has 1 aliphatic heterocycles. The zero-order valence-electron chi connectivity index (χ0n) is 10.3. The molecule has 2 atom stereocenters. The summed E-state index contributed by atoms with van der Waals surface area (Å²) in [7, 11) is 0. The van der Waals surface area contributed by atoms with Gasteiger partial charge in [-0.05, 0) is 28.3 Å². The lowest BCUT2D eigenvalue weighted by atomic mass is 10.0. The largest absolute Gasteiger partial charge is 0.394 e. The molecule has 1 N–H and O–H groups in total. The minimum Gasteiger partial charge on any atom is -0.394 e. The van der Waals surface area contributed by atoms with Crippen LogP contribution < -0.4 is 4.90 Å². The van der Waals surface area contributed by atoms with E-state index in [9.17, 15) is 19.6 Å². The number of anilines is 1. The van der Waals surface area contributed by atoms with Crippen LogP contribution in [0.1, 0.15) is 13.3 Å². The Morgan fingerprint density at radius 2 is 2.32 bits per heavy atom. The summed E-state index contributed by atoms with van der Waals surface area (Å²) in [5.41, 5.74) is 0.0786. The third kappa shape index (κ3) is 2.57. The standard InChI is InChI=1S/C12H14BrFN2O3/c1-7-2-3-15(12(7)6-17)10-5-9(14)8(13)4-11(10)16(18)19/h4-5,7,12,17H,2-3,6H2,1H3. The summed E-state index contributed by atoms with van der Waals surface area (Å²) in [5, 5.41) is 20.5. The first-order chi connectivity index (χ1) is 8.95. The summed E-state index contributed by atoms with van der Waals surface area (Å²) in [6, 6.07) is 2.12. The number of hydrogen-bond donors (Lipinski definition) is 1. The van der Waals surface area contributed by atoms with E-state index in [1.807, 2.05) is 6.92 Å². The SMILES string of the molecule is CC1CCN(c2cc(F)c(Br)cc2[N+](=O)[O-])C1CO. The summed E-state index contributed by atoms with van der Waals surface area (Å²) < 4.78 is 13.7. The maximum absolute atomic E-state index is 13.6. The Balaban J connectivity index is 2.49. The maximum atomic E-state index is 13.6. The molecule has 0 spiro atoms. The number of nitrogens with zero attached hydrogens (tertiary/aromatic N) is 2. The lowest BCUT2D eigenvalue weighted by Gasteiger charge is -2.27. The van der Waals surface area contributed by atoms with Crippen molar-refractivity contribution in [1.82, 2.24) is 0 Å². The van der Waals surface area contributed by atoms with Crippen molar-refractivity contribution in [3.8, 4) is 0 Å². The van der Waals surface area contributed by atoms with Crippen LogP contribution in [-0.4, -0.2) is 29.2 Å². The van der Waals surface area contributed by atoms with Crippen molar-refractivity contribution in [3.05, 3.63) is 32.5 Å². The average molecular weight is 333 g/mol. The van der Waals surface area contributed by atoms with Crippen LogP contribution in [-0.2, 0) is 0 Å². The Labute approximate surface area is 118 Å². The smallest absolute Gasteiger partial charge is 0.293 e. The van der Waals surface area contributed by atoms with Gasteiger partial charge in [0.2, 0.25) is 0 Å². The highest BCUT2D eigenvalue weighted by molar-refractivity contribution is 9.10. The van der Waals surface area contributed by atoms with E-state index >= 15 is 0 Å². The highest BCUT2D eigenvalue weighted by Gasteiger charge is 2.34. The Kier molecular flexibility index (Phi) is 4.05. The van der Waals surface area contributed by atoms with Crippen LogP contribution in [0.3, 0.4) is 0 Å². The first kappa shape index (κ1) is 14.2. The maximum Gasteiger partial charge on any atom is 0.293 e. The van der Waals surface area contributed by atoms with E-state index < -0.39 is 10.7 Å². The van der Waals surface area contributed by atoms with E-state index in [1.54, 1.807) is 4.90 Å². The summed E-state index contributed by atoms with van der Waals surface area (Å²) in [6.45, 7) is 2.45. The molecule has 1 aliphatic rings. The first-order valence-corrected chi connectivity index (χ1v) is 6.76. The van der Waals surface area contributed by atoms with Gasteiger partial charge in [-0.2, -0.15) is 0 Å². The Morgan fingerprint density at radius 3 is 2.89 bits per heavy atom. The van der Waals surface area contributed by atoms with Crippen molar-refractivity contribution in [2.75, 3.05) is 18.1 Å². The van der Waals surface area contributed by atoms with Gasteiger partial charge >= 0.3 is 0 Å². The van der Waals surface area contributed by atoms with Crippen molar-refractivity contribution in [2.45, 2.75) is 19.4 Å². The van der Waals surface area contributed by atoms with E-state index in [-0.39, 0.29) is 34.4 Å². The number of hydrogen-bond acceptors (Lipinski definition) is 4. The van der Waals surface area contributed by atoms with Gasteiger partial charge in [-0.25, -0.2) is 4.39 Å². The third-order valence-corrected chi connectivity index (χ3v) is 4.20. The molecule has 1 saturated heterocycles. The second-order valence-electron chi connectivity index (χ2n) is 4.72. The van der Waals surface area contributed by atoms with Crippen molar-refractivity contribution >= 4 is 27.3 Å². The van der Waals surface area contributed by atoms with Crippen molar-refractivity contribution in [1.29, 1.82) is 0 Å². The molecule has 0 bridgehead atoms. The predicted molar refractivity (Wildman–Crippen MR) is 72.8 cm³/mol. The number of nitro groups is 1. The fourth-order valence-corrected chi connectivity index (χ4v) is 2.82. The number of halogens is 2. The van der Waals surface area contributed by atoms with E-state index in [0.29, 0.717) is 6.54 Å². The van der Waals surface area contributed by atoms with Gasteiger partial charge in [0.25, 0.3) is 5.69 Å². The van der Waals surface area contributed by atoms with E-state index in [0.717, 1.165) is 12.5 Å². The fraction of sp³-hybridized carbons (Fsp3) is 0.500. The second kappa shape index (κ2) is 5.42. The van der Waals surface area contributed by atoms with Crippen LogP contribution in [0.25, 0.3) is 0 Å². The van der Waals surface area contributed by atoms with Crippen LogP contribution in [0, 0.1) is 21.8 Å². The predicted octanol–water partition coefficient (Wildman–Crippen LogP) is 2.70. The quantitative estimate of drug-likeness (QED) is 0.682. The zero-order chi connectivity index (χ0) is 14.2. The molecule has 7 heteroatoms. The lowest BCUT2D eigenvalue weighted by molar-refractivity contribution is -0.384. The van der Waals surface area contributed by atoms with Gasteiger partial charge in [0.1, 0.15) is 11.5 Å². The monoisotopic (exact) mass is 332 g/mol. The number of aliphatic hydroxyl groups is 1. The molecule has 1 heterocycles. The van der Waals surface area contributed by atoms with Gasteiger partial charge in [0, 0.05) is 18.7 Å². The minimum absolute atomic E-state index is 0.0655. The number of aliphatic hydroxyl groups excluding tert-OH is 1. The molecule has 0 radical (unpaired) electrons. The van der Waals surface area contributed by atoms with E-state index in [4.69, 9.17) is 0 Å². The molecule has 1 aromatic rings. The fourth-order valence-electron chi connectivity index (χ4n) is 2.49. The Hall–Kier alpha value is -1.21. The van der Waals surface area contributed by atoms with E-state index in [2.05, 4.69) is 15.9 Å². The van der Waals surface area contributed by atoms with Gasteiger partial charge in [-0.3, -0.25) is 10.1 Å². The Bertz CT molecular complexity index is 512. The number of nitro benzene ring substituents is 1. The van der Waals surface area contributed by atoms with Crippen LogP contribution in [0.2, 0.25) is 0 Å². The molecule has 0 amide bonds. The molecule has 2 rings (SSSR count). The molecule has 2 unspecified atom stereocenters. The van der Waals surface area contributed by atoms with Crippen LogP contribution in [0.4, 0.5) is 15.8 Å². The van der Waals surface area contributed by atoms with Gasteiger partial charge in [0.15, 0.2) is 0 Å². The summed E-state index contributed by atoms with van der Waals surface area (Å²) >= 11 is 2.95. The van der Waals surface area contributed by atoms with Crippen molar-refractivity contribution in [2.24, 2.45) is 5.92 Å². The van der Waals surface area contributed by atoms with Crippen LogP contribution >= 0.6 is 15.9 Å². The molecule has 0 aromatic heterocycles. The minimum atomic E-state index is -0.545. The normalized spacial score (nSPS) is 22.8. The molecule has 5 nitrogen and oxygen atoms in total. The lowest BCUT2D eigenvalue weighted by Crippen LogP contribution is -2.35. The summed E-state index contributed by atoms with van der Waals surface area (Å²) in [4.78, 5) is 12.3. The molecule has 19 heavy (non-hydrogen) atoms. The van der Waals surface area contributed by atoms with Gasteiger partial charge in [0.05, 0.1) is 22.0 Å². The van der Waals surface area contributed by atoms with Gasteiger partial charge in [-0.15, -0.1) is 0 Å². The highest BCUT2D eigenvalue weighted by Crippen LogP contribution is 2.38. The van der Waals surface area contributed by atoms with Gasteiger partial charge in [-0.1, -0.05) is 6.92 Å². The molecule has 1 fully saturated rings. The molecule has 104 valence electrons. The number of rotatable bonds is 3. The average Bonchev–Trinajstić information content (AvgIpc) is 2.72. The molecular weight excluding hydrogens is 319 g/mol. The summed E-state index contributed by atoms with van der Waals surface area (Å²) in [6.07, 6.45) is 0.820. The molecular formula is C12H14BrFN2O3. The second-order valence-corrected chi connectivity index (χ2v) is 5.58.